The number of ether oxygens (including phenoxy) is 1. The SMILES string of the molecule is COc1ccc(CN[C@H](C)c2cccc3ccccc23)cc1-c1ccc2oc(C)nc2c1. The van der Waals surface area contributed by atoms with Crippen LogP contribution in [-0.4, -0.2) is 12.1 Å². The van der Waals surface area contributed by atoms with Gasteiger partial charge in [-0.05, 0) is 58.7 Å². The number of hydrogen-bond acceptors (Lipinski definition) is 4. The molecule has 32 heavy (non-hydrogen) atoms. The fourth-order valence-electron chi connectivity index (χ4n) is 4.31. The zero-order valence-corrected chi connectivity index (χ0v) is 18.6. The molecule has 0 saturated heterocycles. The topological polar surface area (TPSA) is 47.3 Å². The van der Waals surface area contributed by atoms with Crippen molar-refractivity contribution >= 4 is 21.9 Å². The van der Waals surface area contributed by atoms with Gasteiger partial charge in [0.05, 0.1) is 7.11 Å². The lowest BCUT2D eigenvalue weighted by Gasteiger charge is -2.18. The average molecular weight is 423 g/mol. The summed E-state index contributed by atoms with van der Waals surface area (Å²) in [5.74, 6) is 1.51. The molecule has 0 radical (unpaired) electrons. The Balaban J connectivity index is 1.41. The van der Waals surface area contributed by atoms with Gasteiger partial charge in [-0.15, -0.1) is 0 Å². The lowest BCUT2D eigenvalue weighted by molar-refractivity contribution is 0.416. The van der Waals surface area contributed by atoms with Crippen LogP contribution in [0.15, 0.2) is 83.3 Å². The standard InChI is InChI=1S/C28H26N2O2/c1-18(23-10-6-8-21-7-4-5-9-24(21)23)29-17-20-11-13-27(31-3)25(15-20)22-12-14-28-26(16-22)30-19(2)32-28/h4-16,18,29H,17H2,1-3H3/t18-/m1/s1. The van der Waals surface area contributed by atoms with Crippen LogP contribution in [0.4, 0.5) is 0 Å². The highest BCUT2D eigenvalue weighted by molar-refractivity contribution is 5.86. The van der Waals surface area contributed by atoms with Crippen molar-refractivity contribution < 1.29 is 9.15 Å². The van der Waals surface area contributed by atoms with E-state index in [0.717, 1.165) is 34.5 Å². The summed E-state index contributed by atoms with van der Waals surface area (Å²) in [5.41, 5.74) is 6.27. The summed E-state index contributed by atoms with van der Waals surface area (Å²) in [6.45, 7) is 4.84. The van der Waals surface area contributed by atoms with E-state index in [0.29, 0.717) is 5.89 Å². The van der Waals surface area contributed by atoms with Crippen LogP contribution in [0.25, 0.3) is 33.0 Å². The third-order valence-electron chi connectivity index (χ3n) is 5.97. The molecule has 0 fully saturated rings. The smallest absolute Gasteiger partial charge is 0.192 e. The molecule has 0 aliphatic heterocycles. The maximum Gasteiger partial charge on any atom is 0.192 e. The molecule has 0 spiro atoms. The monoisotopic (exact) mass is 422 g/mol. The molecule has 0 bridgehead atoms. The summed E-state index contributed by atoms with van der Waals surface area (Å²) in [7, 11) is 1.71. The molecule has 1 atom stereocenters. The van der Waals surface area contributed by atoms with Crippen LogP contribution in [0, 0.1) is 6.92 Å². The van der Waals surface area contributed by atoms with Gasteiger partial charge in [-0.3, -0.25) is 0 Å². The summed E-state index contributed by atoms with van der Waals surface area (Å²) in [4.78, 5) is 4.48. The third kappa shape index (κ3) is 3.85. The summed E-state index contributed by atoms with van der Waals surface area (Å²) in [5, 5.41) is 6.25. The number of rotatable bonds is 6. The molecular weight excluding hydrogens is 396 g/mol. The van der Waals surface area contributed by atoms with Gasteiger partial charge in [0, 0.05) is 25.1 Å². The first kappa shape index (κ1) is 20.3. The number of benzene rings is 4. The van der Waals surface area contributed by atoms with Crippen molar-refractivity contribution in [2.75, 3.05) is 7.11 Å². The molecule has 0 unspecified atom stereocenters. The molecule has 4 nitrogen and oxygen atoms in total. The lowest BCUT2D eigenvalue weighted by atomic mass is 9.99. The highest BCUT2D eigenvalue weighted by Gasteiger charge is 2.12. The molecule has 1 aromatic heterocycles. The minimum absolute atomic E-state index is 0.223. The van der Waals surface area contributed by atoms with E-state index in [9.17, 15) is 0 Å². The van der Waals surface area contributed by atoms with Crippen molar-refractivity contribution in [2.24, 2.45) is 0 Å². The Labute approximate surface area is 187 Å². The second-order valence-electron chi connectivity index (χ2n) is 8.12. The molecule has 0 amide bonds. The van der Waals surface area contributed by atoms with Crippen molar-refractivity contribution in [3.63, 3.8) is 0 Å². The minimum Gasteiger partial charge on any atom is -0.496 e. The van der Waals surface area contributed by atoms with Gasteiger partial charge in [0.2, 0.25) is 0 Å². The first-order valence-electron chi connectivity index (χ1n) is 10.9. The van der Waals surface area contributed by atoms with Gasteiger partial charge < -0.3 is 14.5 Å². The lowest BCUT2D eigenvalue weighted by Crippen LogP contribution is -2.18. The molecule has 4 aromatic carbocycles. The fraction of sp³-hybridized carbons (Fsp3) is 0.179. The van der Waals surface area contributed by atoms with Gasteiger partial charge in [-0.2, -0.15) is 0 Å². The highest BCUT2D eigenvalue weighted by atomic mass is 16.5. The Hall–Kier alpha value is -3.63. The zero-order valence-electron chi connectivity index (χ0n) is 18.6. The maximum absolute atomic E-state index is 5.65. The number of nitrogens with zero attached hydrogens (tertiary/aromatic N) is 1. The zero-order chi connectivity index (χ0) is 22.1. The highest BCUT2D eigenvalue weighted by Crippen LogP contribution is 2.33. The van der Waals surface area contributed by atoms with Gasteiger partial charge in [0.25, 0.3) is 0 Å². The van der Waals surface area contributed by atoms with Crippen LogP contribution in [0.5, 0.6) is 5.75 Å². The van der Waals surface area contributed by atoms with Crippen LogP contribution >= 0.6 is 0 Å². The number of methoxy groups -OCH3 is 1. The average Bonchev–Trinajstić information content (AvgIpc) is 3.21. The van der Waals surface area contributed by atoms with E-state index in [-0.39, 0.29) is 6.04 Å². The van der Waals surface area contributed by atoms with Gasteiger partial charge in [-0.1, -0.05) is 54.6 Å². The van der Waals surface area contributed by atoms with Crippen molar-refractivity contribution in [3.05, 3.63) is 95.9 Å². The summed E-state index contributed by atoms with van der Waals surface area (Å²) in [6.07, 6.45) is 0. The van der Waals surface area contributed by atoms with Gasteiger partial charge in [0.15, 0.2) is 11.5 Å². The minimum atomic E-state index is 0.223. The number of aromatic nitrogens is 1. The molecule has 160 valence electrons. The van der Waals surface area contributed by atoms with E-state index in [1.165, 1.54) is 21.9 Å². The molecule has 0 aliphatic carbocycles. The fourth-order valence-corrected chi connectivity index (χ4v) is 4.31. The summed E-state index contributed by atoms with van der Waals surface area (Å²) >= 11 is 0. The molecule has 5 aromatic rings. The Morgan fingerprint density at radius 1 is 0.969 bits per heavy atom. The van der Waals surface area contributed by atoms with Crippen molar-refractivity contribution in [1.82, 2.24) is 10.3 Å². The Morgan fingerprint density at radius 3 is 2.69 bits per heavy atom. The Bertz CT molecular complexity index is 1400. The van der Waals surface area contributed by atoms with Crippen LogP contribution in [0.1, 0.15) is 30.0 Å². The first-order chi connectivity index (χ1) is 15.6. The first-order valence-corrected chi connectivity index (χ1v) is 10.9. The van der Waals surface area contributed by atoms with Crippen LogP contribution in [-0.2, 0) is 6.54 Å². The van der Waals surface area contributed by atoms with Crippen molar-refractivity contribution in [1.29, 1.82) is 0 Å². The second-order valence-corrected chi connectivity index (χ2v) is 8.12. The van der Waals surface area contributed by atoms with Crippen LogP contribution in [0.2, 0.25) is 0 Å². The second kappa shape index (κ2) is 8.48. The van der Waals surface area contributed by atoms with Crippen molar-refractivity contribution in [3.8, 4) is 16.9 Å². The van der Waals surface area contributed by atoms with Crippen LogP contribution < -0.4 is 10.1 Å². The number of aryl methyl sites for hydroxylation is 1. The molecule has 0 aliphatic rings. The summed E-state index contributed by atoms with van der Waals surface area (Å²) < 4.78 is 11.3. The predicted molar refractivity (Wildman–Crippen MR) is 130 cm³/mol. The van der Waals surface area contributed by atoms with Crippen molar-refractivity contribution in [2.45, 2.75) is 26.4 Å². The number of oxazole rings is 1. The van der Waals surface area contributed by atoms with E-state index < -0.39 is 0 Å². The Kier molecular flexibility index (Phi) is 5.38. The number of nitrogens with one attached hydrogen (secondary N) is 1. The quantitative estimate of drug-likeness (QED) is 0.326. The Morgan fingerprint density at radius 2 is 1.81 bits per heavy atom. The molecule has 0 saturated carbocycles. The third-order valence-corrected chi connectivity index (χ3v) is 5.97. The predicted octanol–water partition coefficient (Wildman–Crippen LogP) is 6.82. The van der Waals surface area contributed by atoms with E-state index in [4.69, 9.17) is 9.15 Å². The molecule has 1 heterocycles. The van der Waals surface area contributed by atoms with Gasteiger partial charge >= 0.3 is 0 Å². The number of fused-ring (bicyclic) bond motifs is 2. The van der Waals surface area contributed by atoms with Crippen LogP contribution in [0.3, 0.4) is 0 Å². The molecular formula is C28H26N2O2. The van der Waals surface area contributed by atoms with E-state index >= 15 is 0 Å². The maximum atomic E-state index is 5.65. The molecule has 1 N–H and O–H groups in total. The number of hydrogen-bond donors (Lipinski definition) is 1. The largest absolute Gasteiger partial charge is 0.496 e. The van der Waals surface area contributed by atoms with E-state index in [2.05, 4.69) is 84.0 Å². The molecule has 4 heteroatoms. The normalized spacial score (nSPS) is 12.3. The van der Waals surface area contributed by atoms with Gasteiger partial charge in [0.1, 0.15) is 11.3 Å². The van der Waals surface area contributed by atoms with E-state index in [1.54, 1.807) is 7.11 Å². The summed E-state index contributed by atoms with van der Waals surface area (Å²) in [6, 6.07) is 27.7. The van der Waals surface area contributed by atoms with E-state index in [1.807, 2.05) is 19.1 Å². The molecule has 5 rings (SSSR count). The van der Waals surface area contributed by atoms with Gasteiger partial charge in [-0.25, -0.2) is 4.98 Å².